The van der Waals surface area contributed by atoms with Crippen LogP contribution in [0.25, 0.3) is 11.1 Å². The van der Waals surface area contributed by atoms with E-state index in [0.717, 1.165) is 0 Å². The topological polar surface area (TPSA) is 63.6 Å². The van der Waals surface area contributed by atoms with Gasteiger partial charge in [-0.05, 0) is 17.7 Å². The number of benzene rings is 2. The van der Waals surface area contributed by atoms with Gasteiger partial charge < -0.3 is 9.84 Å². The first-order valence-electron chi connectivity index (χ1n) is 5.62. The van der Waals surface area contributed by atoms with Crippen molar-refractivity contribution in [1.82, 2.24) is 0 Å². The highest BCUT2D eigenvalue weighted by Crippen LogP contribution is 2.40. The number of aldehydes is 2. The summed E-state index contributed by atoms with van der Waals surface area (Å²) in [6, 6.07) is 9.79. The van der Waals surface area contributed by atoms with Gasteiger partial charge in [0.1, 0.15) is 0 Å². The van der Waals surface area contributed by atoms with Gasteiger partial charge in [-0.3, -0.25) is 9.59 Å². The Labute approximate surface area is 110 Å². The van der Waals surface area contributed by atoms with E-state index in [1.807, 2.05) is 0 Å². The van der Waals surface area contributed by atoms with Crippen molar-refractivity contribution in [2.45, 2.75) is 0 Å². The molecule has 4 nitrogen and oxygen atoms in total. The Bertz CT molecular complexity index is 632. The average Bonchev–Trinajstić information content (AvgIpc) is 2.46. The van der Waals surface area contributed by atoms with E-state index in [-0.39, 0.29) is 11.5 Å². The van der Waals surface area contributed by atoms with Gasteiger partial charge in [0, 0.05) is 16.7 Å². The summed E-state index contributed by atoms with van der Waals surface area (Å²) in [4.78, 5) is 22.2. The Balaban J connectivity index is 2.79. The average molecular weight is 256 g/mol. The van der Waals surface area contributed by atoms with Crippen LogP contribution in [-0.4, -0.2) is 24.8 Å². The maximum Gasteiger partial charge on any atom is 0.166 e. The predicted molar refractivity (Wildman–Crippen MR) is 70.9 cm³/mol. The number of aromatic hydroxyl groups is 1. The Kier molecular flexibility index (Phi) is 3.61. The molecule has 0 aromatic heterocycles. The molecular formula is C15H12O4. The monoisotopic (exact) mass is 256 g/mol. The van der Waals surface area contributed by atoms with E-state index in [1.165, 1.54) is 13.2 Å². The number of hydrogen-bond donors (Lipinski definition) is 1. The second kappa shape index (κ2) is 5.35. The van der Waals surface area contributed by atoms with Gasteiger partial charge in [0.15, 0.2) is 24.1 Å². The van der Waals surface area contributed by atoms with Crippen molar-refractivity contribution in [3.8, 4) is 22.6 Å². The van der Waals surface area contributed by atoms with Gasteiger partial charge in [-0.1, -0.05) is 24.3 Å². The molecule has 0 saturated carbocycles. The SMILES string of the molecule is COc1ccc(C=O)c(-c2ccccc2C=O)c1O. The van der Waals surface area contributed by atoms with Crippen molar-refractivity contribution >= 4 is 12.6 Å². The summed E-state index contributed by atoms with van der Waals surface area (Å²) >= 11 is 0. The molecule has 0 spiro atoms. The third-order valence-electron chi connectivity index (χ3n) is 2.88. The van der Waals surface area contributed by atoms with Crippen LogP contribution in [-0.2, 0) is 0 Å². The summed E-state index contributed by atoms with van der Waals surface area (Å²) in [6.45, 7) is 0. The van der Waals surface area contributed by atoms with Crippen LogP contribution >= 0.6 is 0 Å². The number of hydrogen-bond acceptors (Lipinski definition) is 4. The van der Waals surface area contributed by atoms with Gasteiger partial charge in [0.2, 0.25) is 0 Å². The minimum atomic E-state index is -0.151. The number of phenols is 1. The first kappa shape index (κ1) is 12.8. The van der Waals surface area contributed by atoms with Crippen LogP contribution in [0.4, 0.5) is 0 Å². The maximum atomic E-state index is 11.1. The maximum absolute atomic E-state index is 11.1. The van der Waals surface area contributed by atoms with Crippen LogP contribution in [0.2, 0.25) is 0 Å². The lowest BCUT2D eigenvalue weighted by atomic mass is 9.95. The zero-order chi connectivity index (χ0) is 13.8. The molecule has 0 atom stereocenters. The molecule has 2 aromatic rings. The zero-order valence-electron chi connectivity index (χ0n) is 10.3. The summed E-state index contributed by atoms with van der Waals surface area (Å²) < 4.78 is 5.03. The van der Waals surface area contributed by atoms with Crippen molar-refractivity contribution in [2.24, 2.45) is 0 Å². The highest BCUT2D eigenvalue weighted by molar-refractivity contribution is 5.97. The fraction of sp³-hybridized carbons (Fsp3) is 0.0667. The molecule has 0 unspecified atom stereocenters. The summed E-state index contributed by atoms with van der Waals surface area (Å²) in [5, 5.41) is 10.2. The molecule has 0 fully saturated rings. The summed E-state index contributed by atoms with van der Waals surface area (Å²) in [6.07, 6.45) is 1.32. The number of carbonyl (C=O) groups excluding carboxylic acids is 2. The molecule has 2 rings (SSSR count). The first-order valence-corrected chi connectivity index (χ1v) is 5.62. The highest BCUT2D eigenvalue weighted by atomic mass is 16.5. The molecule has 0 heterocycles. The third kappa shape index (κ3) is 2.20. The van der Waals surface area contributed by atoms with Crippen molar-refractivity contribution in [3.05, 3.63) is 47.5 Å². The van der Waals surface area contributed by atoms with Crippen LogP contribution < -0.4 is 4.74 Å². The third-order valence-corrected chi connectivity index (χ3v) is 2.88. The molecule has 4 heteroatoms. The number of carbonyl (C=O) groups is 2. The molecule has 1 N–H and O–H groups in total. The molecule has 0 aliphatic carbocycles. The first-order chi connectivity index (χ1) is 9.22. The molecule has 0 aliphatic heterocycles. The van der Waals surface area contributed by atoms with Gasteiger partial charge in [-0.25, -0.2) is 0 Å². The normalized spacial score (nSPS) is 9.95. The minimum absolute atomic E-state index is 0.151. The van der Waals surface area contributed by atoms with E-state index in [9.17, 15) is 14.7 Å². The molecule has 0 aliphatic rings. The number of methoxy groups -OCH3 is 1. The second-order valence-corrected chi connectivity index (χ2v) is 3.90. The Hall–Kier alpha value is -2.62. The van der Waals surface area contributed by atoms with Gasteiger partial charge in [-0.2, -0.15) is 0 Å². The largest absolute Gasteiger partial charge is 0.504 e. The lowest BCUT2D eigenvalue weighted by Gasteiger charge is -2.12. The van der Waals surface area contributed by atoms with Gasteiger partial charge >= 0.3 is 0 Å². The molecule has 19 heavy (non-hydrogen) atoms. The fourth-order valence-corrected chi connectivity index (χ4v) is 1.96. The van der Waals surface area contributed by atoms with Gasteiger partial charge in [-0.15, -0.1) is 0 Å². The molecule has 2 aromatic carbocycles. The number of phenolic OH excluding ortho intramolecular Hbond substituents is 1. The van der Waals surface area contributed by atoms with E-state index >= 15 is 0 Å². The molecule has 0 saturated heterocycles. The molecule has 0 bridgehead atoms. The molecule has 96 valence electrons. The number of ether oxygens (including phenoxy) is 1. The van der Waals surface area contributed by atoms with Crippen LogP contribution in [0.3, 0.4) is 0 Å². The standard InChI is InChI=1S/C15H12O4/c1-19-13-7-6-11(9-17)14(15(13)18)12-5-3-2-4-10(12)8-16/h2-9,18H,1H3. The zero-order valence-corrected chi connectivity index (χ0v) is 10.3. The molecule has 0 amide bonds. The van der Waals surface area contributed by atoms with E-state index in [4.69, 9.17) is 4.74 Å². The second-order valence-electron chi connectivity index (χ2n) is 3.90. The fourth-order valence-electron chi connectivity index (χ4n) is 1.96. The smallest absolute Gasteiger partial charge is 0.166 e. The lowest BCUT2D eigenvalue weighted by molar-refractivity contribution is 0.111. The Morgan fingerprint density at radius 1 is 1.00 bits per heavy atom. The van der Waals surface area contributed by atoms with Crippen LogP contribution in [0.5, 0.6) is 11.5 Å². The van der Waals surface area contributed by atoms with Gasteiger partial charge in [0.25, 0.3) is 0 Å². The predicted octanol–water partition coefficient (Wildman–Crippen LogP) is 2.69. The van der Waals surface area contributed by atoms with E-state index < -0.39 is 0 Å². The Morgan fingerprint density at radius 3 is 2.32 bits per heavy atom. The van der Waals surface area contributed by atoms with Crippen molar-refractivity contribution in [1.29, 1.82) is 0 Å². The van der Waals surface area contributed by atoms with Crippen LogP contribution in [0, 0.1) is 0 Å². The quantitative estimate of drug-likeness (QED) is 0.854. The number of rotatable bonds is 4. The summed E-state index contributed by atoms with van der Waals surface area (Å²) in [5.74, 6) is 0.0997. The van der Waals surface area contributed by atoms with Crippen LogP contribution in [0.1, 0.15) is 20.7 Å². The van der Waals surface area contributed by atoms with Gasteiger partial charge in [0.05, 0.1) is 7.11 Å². The van der Waals surface area contributed by atoms with Crippen LogP contribution in [0.15, 0.2) is 36.4 Å². The summed E-state index contributed by atoms with van der Waals surface area (Å²) in [5.41, 5.74) is 1.50. The molecule has 0 radical (unpaired) electrons. The van der Waals surface area contributed by atoms with E-state index in [1.54, 1.807) is 30.3 Å². The van der Waals surface area contributed by atoms with Crippen molar-refractivity contribution in [2.75, 3.05) is 7.11 Å². The van der Waals surface area contributed by atoms with Crippen molar-refractivity contribution in [3.63, 3.8) is 0 Å². The van der Waals surface area contributed by atoms with Crippen molar-refractivity contribution < 1.29 is 19.4 Å². The molecular weight excluding hydrogens is 244 g/mol. The summed E-state index contributed by atoms with van der Waals surface area (Å²) in [7, 11) is 1.42. The Morgan fingerprint density at radius 2 is 1.68 bits per heavy atom. The lowest BCUT2D eigenvalue weighted by Crippen LogP contribution is -1.95. The minimum Gasteiger partial charge on any atom is -0.504 e. The highest BCUT2D eigenvalue weighted by Gasteiger charge is 2.17. The van der Waals surface area contributed by atoms with E-state index in [0.29, 0.717) is 34.8 Å². The van der Waals surface area contributed by atoms with E-state index in [2.05, 4.69) is 0 Å².